The molecule has 1 amide bonds. The first-order valence-corrected chi connectivity index (χ1v) is 6.68. The van der Waals surface area contributed by atoms with Gasteiger partial charge in [0.05, 0.1) is 19.1 Å². The van der Waals surface area contributed by atoms with Crippen LogP contribution in [0.4, 0.5) is 0 Å². The molecule has 1 N–H and O–H groups in total. The third kappa shape index (κ3) is 4.47. The Labute approximate surface area is 113 Å². The van der Waals surface area contributed by atoms with Crippen LogP contribution in [-0.2, 0) is 19.1 Å². The molecule has 1 rings (SSSR count). The number of aliphatic carboxylic acids is 1. The third-order valence-electron chi connectivity index (χ3n) is 3.39. The van der Waals surface area contributed by atoms with Crippen LogP contribution in [0.5, 0.6) is 0 Å². The zero-order valence-corrected chi connectivity index (χ0v) is 11.8. The number of ether oxygens (including phenoxy) is 2. The van der Waals surface area contributed by atoms with Crippen LogP contribution in [0, 0.1) is 11.8 Å². The van der Waals surface area contributed by atoms with Crippen LogP contribution in [0.25, 0.3) is 0 Å². The average molecular weight is 273 g/mol. The van der Waals surface area contributed by atoms with E-state index in [-0.39, 0.29) is 18.4 Å². The smallest absolute Gasteiger partial charge is 0.308 e. The molecule has 0 aromatic rings. The Kier molecular flexibility index (Phi) is 6.24. The summed E-state index contributed by atoms with van der Waals surface area (Å²) in [4.78, 5) is 24.7. The second kappa shape index (κ2) is 7.45. The monoisotopic (exact) mass is 273 g/mol. The van der Waals surface area contributed by atoms with Crippen molar-refractivity contribution in [3.63, 3.8) is 0 Å². The molecular formula is C13H23NO5. The quantitative estimate of drug-likeness (QED) is 0.688. The number of amides is 1. The number of carbonyl (C=O) groups excluding carboxylic acids is 1. The largest absolute Gasteiger partial charge is 0.481 e. The SMILES string of the molecule is CCOCCOC(C)C(=O)N1C[C@@H](C)[C@H](C(=O)O)C1. The average Bonchev–Trinajstić information content (AvgIpc) is 2.75. The molecule has 0 saturated carbocycles. The van der Waals surface area contributed by atoms with Crippen LogP contribution < -0.4 is 0 Å². The molecule has 0 aromatic carbocycles. The van der Waals surface area contributed by atoms with Crippen LogP contribution in [0.2, 0.25) is 0 Å². The fraction of sp³-hybridized carbons (Fsp3) is 0.846. The van der Waals surface area contributed by atoms with Crippen LogP contribution in [0.1, 0.15) is 20.8 Å². The summed E-state index contributed by atoms with van der Waals surface area (Å²) in [6.45, 7) is 7.64. The fourth-order valence-corrected chi connectivity index (χ4v) is 2.22. The first kappa shape index (κ1) is 15.9. The van der Waals surface area contributed by atoms with Crippen LogP contribution in [0.15, 0.2) is 0 Å². The molecule has 0 bridgehead atoms. The van der Waals surface area contributed by atoms with Crippen LogP contribution >= 0.6 is 0 Å². The van der Waals surface area contributed by atoms with E-state index in [1.807, 2.05) is 13.8 Å². The van der Waals surface area contributed by atoms with Gasteiger partial charge < -0.3 is 19.5 Å². The van der Waals surface area contributed by atoms with Gasteiger partial charge in [0.1, 0.15) is 6.10 Å². The van der Waals surface area contributed by atoms with E-state index in [2.05, 4.69) is 0 Å². The number of rotatable bonds is 7. The number of carboxylic acids is 1. The van der Waals surface area contributed by atoms with E-state index < -0.39 is 18.0 Å². The van der Waals surface area contributed by atoms with Gasteiger partial charge in [-0.1, -0.05) is 6.92 Å². The Morgan fingerprint density at radius 2 is 2.05 bits per heavy atom. The van der Waals surface area contributed by atoms with Crippen molar-refractivity contribution in [1.82, 2.24) is 4.90 Å². The molecule has 6 heteroatoms. The van der Waals surface area contributed by atoms with Crippen LogP contribution in [0.3, 0.4) is 0 Å². The molecule has 3 atom stereocenters. The van der Waals surface area contributed by atoms with Crippen molar-refractivity contribution in [3.8, 4) is 0 Å². The molecule has 1 aliphatic rings. The summed E-state index contributed by atoms with van der Waals surface area (Å²) in [6.07, 6.45) is -0.555. The van der Waals surface area contributed by atoms with Gasteiger partial charge in [0.15, 0.2) is 0 Å². The van der Waals surface area contributed by atoms with Gasteiger partial charge in [0, 0.05) is 19.7 Å². The summed E-state index contributed by atoms with van der Waals surface area (Å²) in [5, 5.41) is 9.04. The minimum Gasteiger partial charge on any atom is -0.481 e. The minimum atomic E-state index is -0.840. The Morgan fingerprint density at radius 1 is 1.37 bits per heavy atom. The Hall–Kier alpha value is -1.14. The molecule has 1 fully saturated rings. The lowest BCUT2D eigenvalue weighted by Crippen LogP contribution is -2.38. The van der Waals surface area contributed by atoms with Gasteiger partial charge in [0.2, 0.25) is 0 Å². The summed E-state index contributed by atoms with van der Waals surface area (Å²) in [5.74, 6) is -1.48. The molecule has 110 valence electrons. The zero-order valence-electron chi connectivity index (χ0n) is 11.8. The predicted molar refractivity (Wildman–Crippen MR) is 68.8 cm³/mol. The Balaban J connectivity index is 2.39. The van der Waals surface area contributed by atoms with Gasteiger partial charge in [-0.2, -0.15) is 0 Å². The van der Waals surface area contributed by atoms with Gasteiger partial charge in [-0.15, -0.1) is 0 Å². The van der Waals surface area contributed by atoms with Crippen LogP contribution in [-0.4, -0.2) is 60.9 Å². The summed E-state index contributed by atoms with van der Waals surface area (Å²) in [5.41, 5.74) is 0. The van der Waals surface area contributed by atoms with E-state index >= 15 is 0 Å². The zero-order chi connectivity index (χ0) is 14.4. The number of nitrogens with zero attached hydrogens (tertiary/aromatic N) is 1. The highest BCUT2D eigenvalue weighted by Crippen LogP contribution is 2.23. The van der Waals surface area contributed by atoms with Crippen molar-refractivity contribution >= 4 is 11.9 Å². The molecule has 1 aliphatic heterocycles. The lowest BCUT2D eigenvalue weighted by atomic mass is 9.99. The molecular weight excluding hydrogens is 250 g/mol. The molecule has 0 aliphatic carbocycles. The van der Waals surface area contributed by atoms with Gasteiger partial charge >= 0.3 is 5.97 Å². The second-order valence-corrected chi connectivity index (χ2v) is 4.88. The lowest BCUT2D eigenvalue weighted by molar-refractivity contribution is -0.144. The maximum atomic E-state index is 12.1. The van der Waals surface area contributed by atoms with E-state index in [1.165, 1.54) is 0 Å². The molecule has 0 spiro atoms. The number of likely N-dealkylation sites (tertiary alicyclic amines) is 1. The van der Waals surface area contributed by atoms with E-state index in [4.69, 9.17) is 14.6 Å². The fourth-order valence-electron chi connectivity index (χ4n) is 2.22. The summed E-state index contributed by atoms with van der Waals surface area (Å²) in [6, 6.07) is 0. The van der Waals surface area contributed by atoms with E-state index in [0.717, 1.165) is 0 Å². The molecule has 1 heterocycles. The molecule has 0 aromatic heterocycles. The standard InChI is InChI=1S/C13H23NO5/c1-4-18-5-6-19-10(3)12(15)14-7-9(2)11(8-14)13(16)17/h9-11H,4-8H2,1-3H3,(H,16,17)/t9-,10?,11-/m1/s1. The molecule has 0 radical (unpaired) electrons. The predicted octanol–water partition coefficient (Wildman–Crippen LogP) is 0.607. The molecule has 19 heavy (non-hydrogen) atoms. The van der Waals surface area contributed by atoms with Crippen molar-refractivity contribution < 1.29 is 24.2 Å². The molecule has 6 nitrogen and oxygen atoms in total. The van der Waals surface area contributed by atoms with Gasteiger partial charge in [-0.25, -0.2) is 0 Å². The van der Waals surface area contributed by atoms with Crippen molar-refractivity contribution in [2.75, 3.05) is 32.9 Å². The van der Waals surface area contributed by atoms with Gasteiger partial charge in [-0.05, 0) is 19.8 Å². The van der Waals surface area contributed by atoms with Gasteiger partial charge in [0.25, 0.3) is 5.91 Å². The van der Waals surface area contributed by atoms with Crippen molar-refractivity contribution in [2.45, 2.75) is 26.9 Å². The summed E-state index contributed by atoms with van der Waals surface area (Å²) < 4.78 is 10.5. The van der Waals surface area contributed by atoms with Crippen molar-refractivity contribution in [3.05, 3.63) is 0 Å². The maximum absolute atomic E-state index is 12.1. The number of hydrogen-bond donors (Lipinski definition) is 1. The first-order chi connectivity index (χ1) is 8.97. The maximum Gasteiger partial charge on any atom is 0.308 e. The highest BCUT2D eigenvalue weighted by Gasteiger charge is 2.38. The molecule has 1 saturated heterocycles. The Morgan fingerprint density at radius 3 is 2.58 bits per heavy atom. The summed E-state index contributed by atoms with van der Waals surface area (Å²) >= 11 is 0. The second-order valence-electron chi connectivity index (χ2n) is 4.88. The first-order valence-electron chi connectivity index (χ1n) is 6.68. The minimum absolute atomic E-state index is 0.0166. The highest BCUT2D eigenvalue weighted by molar-refractivity contribution is 5.82. The van der Waals surface area contributed by atoms with Crippen molar-refractivity contribution in [1.29, 1.82) is 0 Å². The number of hydrogen-bond acceptors (Lipinski definition) is 4. The topological polar surface area (TPSA) is 76.1 Å². The van der Waals surface area contributed by atoms with E-state index in [1.54, 1.807) is 11.8 Å². The molecule has 1 unspecified atom stereocenters. The van der Waals surface area contributed by atoms with Crippen molar-refractivity contribution in [2.24, 2.45) is 11.8 Å². The number of carboxylic acid groups (broad SMARTS) is 1. The normalized spacial score (nSPS) is 24.5. The number of carbonyl (C=O) groups is 2. The lowest BCUT2D eigenvalue weighted by Gasteiger charge is -2.21. The highest BCUT2D eigenvalue weighted by atomic mass is 16.5. The van der Waals surface area contributed by atoms with E-state index in [0.29, 0.717) is 26.4 Å². The Bertz CT molecular complexity index is 320. The van der Waals surface area contributed by atoms with E-state index in [9.17, 15) is 9.59 Å². The summed E-state index contributed by atoms with van der Waals surface area (Å²) in [7, 11) is 0. The van der Waals surface area contributed by atoms with Gasteiger partial charge in [-0.3, -0.25) is 9.59 Å². The third-order valence-corrected chi connectivity index (χ3v) is 3.39.